The first kappa shape index (κ1) is 29.5. The summed E-state index contributed by atoms with van der Waals surface area (Å²) in [6.07, 6.45) is 4.48. The second kappa shape index (κ2) is 15.4. The first-order chi connectivity index (χ1) is 15.0. The highest BCUT2D eigenvalue weighted by molar-refractivity contribution is 9.09. The van der Waals surface area contributed by atoms with Crippen molar-refractivity contribution < 1.29 is 19.4 Å². The van der Waals surface area contributed by atoms with E-state index in [2.05, 4.69) is 15.9 Å². The number of aromatic hydroxyl groups is 2. The normalized spacial score (nSPS) is 9.69. The highest BCUT2D eigenvalue weighted by atomic mass is 79.9. The third-order valence-corrected chi connectivity index (χ3v) is 5.02. The number of benzene rings is 2. The monoisotopic (exact) mass is 508 g/mol. The van der Waals surface area contributed by atoms with Crippen LogP contribution in [0.3, 0.4) is 0 Å². The molecule has 0 amide bonds. The van der Waals surface area contributed by atoms with E-state index in [1.165, 1.54) is 31.6 Å². The molecule has 0 aliphatic rings. The first-order valence-electron chi connectivity index (χ1n) is 10.8. The minimum atomic E-state index is -0.402. The lowest BCUT2D eigenvalue weighted by atomic mass is 10.0. The molecule has 0 unspecified atom stereocenters. The van der Waals surface area contributed by atoms with Crippen LogP contribution in [0.4, 0.5) is 0 Å². The largest absolute Gasteiger partial charge is 0.507 e. The van der Waals surface area contributed by atoms with Crippen LogP contribution in [0.5, 0.6) is 17.2 Å². The van der Waals surface area contributed by atoms with Gasteiger partial charge in [0.15, 0.2) is 16.8 Å². The van der Waals surface area contributed by atoms with Crippen molar-refractivity contribution in [3.63, 3.8) is 0 Å². The van der Waals surface area contributed by atoms with Gasteiger partial charge in [-0.05, 0) is 24.8 Å². The Kier molecular flexibility index (Phi) is 14.2. The zero-order chi connectivity index (χ0) is 23.4. The molecule has 0 saturated heterocycles. The van der Waals surface area contributed by atoms with Crippen LogP contribution < -0.4 is 10.2 Å². The Morgan fingerprint density at radius 2 is 1.56 bits per heavy atom. The predicted octanol–water partition coefficient (Wildman–Crippen LogP) is 7.68. The number of aryl methyl sites for hydroxylation is 1. The zero-order valence-electron chi connectivity index (χ0n) is 19.0. The molecule has 2 N–H and O–H groups in total. The van der Waals surface area contributed by atoms with E-state index in [1.54, 1.807) is 0 Å². The minimum absolute atomic E-state index is 0. The fourth-order valence-corrected chi connectivity index (χ4v) is 3.45. The van der Waals surface area contributed by atoms with Crippen molar-refractivity contribution in [2.24, 2.45) is 0 Å². The second-order valence-corrected chi connectivity index (χ2v) is 7.12. The van der Waals surface area contributed by atoms with Gasteiger partial charge in [-0.2, -0.15) is 0 Å². The Bertz CT molecular complexity index is 994. The van der Waals surface area contributed by atoms with E-state index in [0.29, 0.717) is 5.76 Å². The quantitative estimate of drug-likeness (QED) is 0.252. The number of hydrogen-bond acceptors (Lipinski definition) is 5. The lowest BCUT2D eigenvalue weighted by Gasteiger charge is -2.10. The Balaban J connectivity index is 0.00000182. The average Bonchev–Trinajstić information content (AvgIpc) is 2.79. The summed E-state index contributed by atoms with van der Waals surface area (Å²) < 4.78 is 11.0. The molecule has 32 heavy (non-hydrogen) atoms. The van der Waals surface area contributed by atoms with Gasteiger partial charge < -0.3 is 19.4 Å². The number of hydrogen-bond donors (Lipinski definition) is 2. The van der Waals surface area contributed by atoms with Crippen molar-refractivity contribution in [3.8, 4) is 28.6 Å². The summed E-state index contributed by atoms with van der Waals surface area (Å²) in [5.74, 6) is -0.268. The molecule has 0 saturated carbocycles. The SMILES string of the molecule is C.CC.CC.COc1c(O)cc(O)c2c(=O)cc(-c3ccc(CCCCCBr)cc3)oc12. The molecule has 3 rings (SSSR count). The molecule has 1 aromatic heterocycles. The van der Waals surface area contributed by atoms with Crippen molar-refractivity contribution in [1.29, 1.82) is 0 Å². The third kappa shape index (κ3) is 7.30. The molecule has 1 heterocycles. The summed E-state index contributed by atoms with van der Waals surface area (Å²) in [6, 6.07) is 10.2. The summed E-state index contributed by atoms with van der Waals surface area (Å²) in [5.41, 5.74) is 1.59. The van der Waals surface area contributed by atoms with Gasteiger partial charge in [-0.1, -0.05) is 81.7 Å². The van der Waals surface area contributed by atoms with Gasteiger partial charge in [-0.15, -0.1) is 0 Å². The van der Waals surface area contributed by atoms with Crippen LogP contribution in [0.15, 0.2) is 45.6 Å². The van der Waals surface area contributed by atoms with Gasteiger partial charge in [0.1, 0.15) is 16.9 Å². The highest BCUT2D eigenvalue weighted by Gasteiger charge is 2.18. The molecular formula is C26H37BrO5. The highest BCUT2D eigenvalue weighted by Crippen LogP contribution is 2.40. The van der Waals surface area contributed by atoms with E-state index in [4.69, 9.17) is 9.15 Å². The average molecular weight is 509 g/mol. The Morgan fingerprint density at radius 3 is 2.12 bits per heavy atom. The summed E-state index contributed by atoms with van der Waals surface area (Å²) in [7, 11) is 1.36. The maximum Gasteiger partial charge on any atom is 0.204 e. The molecule has 2 aromatic carbocycles. The molecule has 6 heteroatoms. The molecular weight excluding hydrogens is 472 g/mol. The standard InChI is InChI=1S/C21H21BrO5.2C2H6.CH4/c1-26-20-17(25)11-15(23)19-16(24)12-18(27-21(19)20)14-8-6-13(7-9-14)5-3-2-4-10-22;2*1-2;/h6-9,11-12,23,25H,2-5,10H2,1H3;2*1-2H3;1H4. The Labute approximate surface area is 200 Å². The van der Waals surface area contributed by atoms with Crippen LogP contribution in [-0.2, 0) is 6.42 Å². The number of fused-ring (bicyclic) bond motifs is 1. The number of rotatable bonds is 7. The molecule has 5 nitrogen and oxygen atoms in total. The van der Waals surface area contributed by atoms with E-state index < -0.39 is 5.43 Å². The van der Waals surface area contributed by atoms with E-state index >= 15 is 0 Å². The first-order valence-corrected chi connectivity index (χ1v) is 11.9. The lowest BCUT2D eigenvalue weighted by molar-refractivity contribution is 0.367. The number of phenolic OH excluding ortho intramolecular Hbond substituents is 2. The zero-order valence-corrected chi connectivity index (χ0v) is 20.6. The molecule has 178 valence electrons. The molecule has 0 atom stereocenters. The fraction of sp³-hybridized carbons (Fsp3) is 0.423. The van der Waals surface area contributed by atoms with Crippen LogP contribution in [-0.4, -0.2) is 22.7 Å². The molecule has 0 bridgehead atoms. The van der Waals surface area contributed by atoms with Crippen LogP contribution in [0.25, 0.3) is 22.3 Å². The number of methoxy groups -OCH3 is 1. The summed E-state index contributed by atoms with van der Waals surface area (Å²) >= 11 is 3.44. The smallest absolute Gasteiger partial charge is 0.204 e. The maximum absolute atomic E-state index is 12.5. The van der Waals surface area contributed by atoms with Gasteiger partial charge in [0, 0.05) is 23.0 Å². The molecule has 0 spiro atoms. The maximum atomic E-state index is 12.5. The van der Waals surface area contributed by atoms with Gasteiger partial charge >= 0.3 is 0 Å². The van der Waals surface area contributed by atoms with Gasteiger partial charge in [0.05, 0.1) is 7.11 Å². The fourth-order valence-electron chi connectivity index (χ4n) is 3.06. The van der Waals surface area contributed by atoms with E-state index in [9.17, 15) is 15.0 Å². The van der Waals surface area contributed by atoms with Crippen LogP contribution >= 0.6 is 15.9 Å². The van der Waals surface area contributed by atoms with Crippen molar-refractivity contribution in [1.82, 2.24) is 0 Å². The van der Waals surface area contributed by atoms with Crippen molar-refractivity contribution >= 4 is 26.9 Å². The van der Waals surface area contributed by atoms with Crippen LogP contribution in [0.1, 0.15) is 59.9 Å². The Hall–Kier alpha value is -2.47. The van der Waals surface area contributed by atoms with Crippen molar-refractivity contribution in [3.05, 3.63) is 52.2 Å². The second-order valence-electron chi connectivity index (χ2n) is 6.32. The topological polar surface area (TPSA) is 79.9 Å². The third-order valence-electron chi connectivity index (χ3n) is 4.46. The van der Waals surface area contributed by atoms with Gasteiger partial charge in [0.2, 0.25) is 5.75 Å². The molecule has 3 aromatic rings. The number of alkyl halides is 1. The van der Waals surface area contributed by atoms with Crippen molar-refractivity contribution in [2.45, 2.75) is 60.8 Å². The summed E-state index contributed by atoms with van der Waals surface area (Å²) in [6.45, 7) is 8.00. The molecule has 0 radical (unpaired) electrons. The van der Waals surface area contributed by atoms with Crippen LogP contribution in [0, 0.1) is 0 Å². The Morgan fingerprint density at radius 1 is 0.938 bits per heavy atom. The molecule has 0 fully saturated rings. The summed E-state index contributed by atoms with van der Waals surface area (Å²) in [5, 5.41) is 21.0. The van der Waals surface area contributed by atoms with Gasteiger partial charge in [0.25, 0.3) is 0 Å². The molecule has 0 aliphatic heterocycles. The van der Waals surface area contributed by atoms with Gasteiger partial charge in [-0.3, -0.25) is 4.79 Å². The predicted molar refractivity (Wildman–Crippen MR) is 139 cm³/mol. The number of halogens is 1. The number of ether oxygens (including phenoxy) is 1. The van der Waals surface area contributed by atoms with Gasteiger partial charge in [-0.25, -0.2) is 0 Å². The van der Waals surface area contributed by atoms with Crippen molar-refractivity contribution in [2.75, 3.05) is 12.4 Å². The minimum Gasteiger partial charge on any atom is -0.507 e. The summed E-state index contributed by atoms with van der Waals surface area (Å²) in [4.78, 5) is 12.5. The van der Waals surface area contributed by atoms with E-state index in [-0.39, 0.29) is 35.6 Å². The van der Waals surface area contributed by atoms with E-state index in [0.717, 1.165) is 29.8 Å². The van der Waals surface area contributed by atoms with E-state index in [1.807, 2.05) is 52.0 Å². The number of unbranched alkanes of at least 4 members (excludes halogenated alkanes) is 2. The van der Waals surface area contributed by atoms with Crippen LogP contribution in [0.2, 0.25) is 0 Å². The lowest BCUT2D eigenvalue weighted by Crippen LogP contribution is -2.02. The molecule has 0 aliphatic carbocycles. The number of phenols is 2.